The zero-order chi connectivity index (χ0) is 12.1. The van der Waals surface area contributed by atoms with Crippen LogP contribution in [-0.2, 0) is 0 Å². The quantitative estimate of drug-likeness (QED) is 0.552. The lowest BCUT2D eigenvalue weighted by Crippen LogP contribution is -1.97. The lowest BCUT2D eigenvalue weighted by molar-refractivity contribution is 0.104. The highest BCUT2D eigenvalue weighted by atomic mass is 16.1. The van der Waals surface area contributed by atoms with Crippen LogP contribution in [0.3, 0.4) is 0 Å². The number of ketones is 1. The van der Waals surface area contributed by atoms with Crippen LogP contribution in [0.2, 0.25) is 0 Å². The Morgan fingerprint density at radius 1 is 1.38 bits per heavy atom. The maximum absolute atomic E-state index is 11.8. The summed E-state index contributed by atoms with van der Waals surface area (Å²) in [5.74, 6) is 0.261. The van der Waals surface area contributed by atoms with E-state index in [2.05, 4.69) is 0 Å². The minimum Gasteiger partial charge on any atom is -0.289 e. The molecule has 0 spiro atoms. The van der Waals surface area contributed by atoms with E-state index in [1.165, 1.54) is 0 Å². The Hall–Kier alpha value is -1.89. The highest BCUT2D eigenvalue weighted by molar-refractivity contribution is 6.04. The van der Waals surface area contributed by atoms with Crippen molar-refractivity contribution in [3.05, 3.63) is 72.3 Å². The normalized spacial score (nSPS) is 20.6. The second-order valence-electron chi connectivity index (χ2n) is 3.72. The van der Waals surface area contributed by atoms with Gasteiger partial charge in [0.05, 0.1) is 1.37 Å². The summed E-state index contributed by atoms with van der Waals surface area (Å²) in [6.07, 6.45) is 9.90. The Kier molecular flexibility index (Phi) is 3.07. The van der Waals surface area contributed by atoms with Gasteiger partial charge in [-0.05, 0) is 18.4 Å². The van der Waals surface area contributed by atoms with Crippen LogP contribution < -0.4 is 0 Å². The maximum Gasteiger partial charge on any atom is 0.185 e. The molecule has 80 valence electrons. The van der Waals surface area contributed by atoms with Crippen LogP contribution in [0, 0.1) is 5.92 Å². The van der Waals surface area contributed by atoms with Gasteiger partial charge in [-0.2, -0.15) is 0 Å². The monoisotopic (exact) mass is 211 g/mol. The van der Waals surface area contributed by atoms with E-state index in [1.807, 2.05) is 48.6 Å². The largest absolute Gasteiger partial charge is 0.289 e. The molecular weight excluding hydrogens is 196 g/mol. The molecule has 0 fully saturated rings. The number of carbonyl (C=O) groups is 1. The van der Waals surface area contributed by atoms with Gasteiger partial charge in [0, 0.05) is 5.56 Å². The minimum absolute atomic E-state index is 0.0275. The highest BCUT2D eigenvalue weighted by Crippen LogP contribution is 2.13. The number of rotatable bonds is 3. The molecule has 0 radical (unpaired) electrons. The lowest BCUT2D eigenvalue weighted by Gasteiger charge is -2.06. The summed E-state index contributed by atoms with van der Waals surface area (Å²) >= 11 is 0. The summed E-state index contributed by atoms with van der Waals surface area (Å²) < 4.78 is 7.40. The van der Waals surface area contributed by atoms with Crippen molar-refractivity contribution >= 4 is 5.78 Å². The van der Waals surface area contributed by atoms with Crippen LogP contribution in [0.1, 0.15) is 18.1 Å². The second-order valence-corrected chi connectivity index (χ2v) is 3.72. The van der Waals surface area contributed by atoms with E-state index in [4.69, 9.17) is 1.37 Å². The van der Waals surface area contributed by atoms with Crippen LogP contribution in [-0.4, -0.2) is 5.78 Å². The van der Waals surface area contributed by atoms with Gasteiger partial charge in [0.15, 0.2) is 5.78 Å². The molecule has 0 N–H and O–H groups in total. The van der Waals surface area contributed by atoms with Crippen LogP contribution in [0.5, 0.6) is 0 Å². The number of benzene rings is 1. The maximum atomic E-state index is 11.8. The Labute approximate surface area is 97.2 Å². The average Bonchev–Trinajstić information content (AvgIpc) is 2.39. The fourth-order valence-electron chi connectivity index (χ4n) is 1.58. The summed E-state index contributed by atoms with van der Waals surface area (Å²) in [5, 5.41) is 0. The van der Waals surface area contributed by atoms with E-state index in [0.29, 0.717) is 11.6 Å². The first-order chi connectivity index (χ1) is 8.25. The first kappa shape index (κ1) is 9.34. The number of hydrogen-bond acceptors (Lipinski definition) is 1. The molecule has 0 aliphatic heterocycles. The SMILES string of the molecule is [2H]C1=CCC(/C=C/C(=O)c2ccccc2)C=C1. The third kappa shape index (κ3) is 2.80. The van der Waals surface area contributed by atoms with Gasteiger partial charge in [0.2, 0.25) is 0 Å². The molecule has 0 amide bonds. The van der Waals surface area contributed by atoms with Crippen LogP contribution in [0.4, 0.5) is 0 Å². The van der Waals surface area contributed by atoms with Gasteiger partial charge in [0.1, 0.15) is 0 Å². The van der Waals surface area contributed by atoms with Crippen molar-refractivity contribution in [1.82, 2.24) is 0 Å². The van der Waals surface area contributed by atoms with Gasteiger partial charge in [-0.3, -0.25) is 4.79 Å². The molecule has 0 saturated carbocycles. The molecule has 1 aliphatic rings. The molecule has 1 nitrogen and oxygen atoms in total. The van der Waals surface area contributed by atoms with Crippen molar-refractivity contribution in [2.75, 3.05) is 0 Å². The molecule has 2 rings (SSSR count). The topological polar surface area (TPSA) is 17.1 Å². The summed E-state index contributed by atoms with van der Waals surface area (Å²) in [7, 11) is 0. The molecular formula is C15H14O. The van der Waals surface area contributed by atoms with E-state index >= 15 is 0 Å². The molecule has 0 aromatic heterocycles. The molecule has 0 saturated heterocycles. The summed E-state index contributed by atoms with van der Waals surface area (Å²) in [6, 6.07) is 9.78. The summed E-state index contributed by atoms with van der Waals surface area (Å²) in [5.41, 5.74) is 0.709. The Morgan fingerprint density at radius 3 is 2.88 bits per heavy atom. The third-order valence-electron chi connectivity index (χ3n) is 2.50. The van der Waals surface area contributed by atoms with Crippen molar-refractivity contribution in [2.45, 2.75) is 6.42 Å². The van der Waals surface area contributed by atoms with Crippen molar-refractivity contribution in [1.29, 1.82) is 0 Å². The first-order valence-electron chi connectivity index (χ1n) is 5.88. The average molecular weight is 211 g/mol. The number of allylic oxidation sites excluding steroid dienone is 6. The molecule has 1 aromatic rings. The molecule has 0 bridgehead atoms. The van der Waals surface area contributed by atoms with Crippen molar-refractivity contribution in [2.24, 2.45) is 5.92 Å². The lowest BCUT2D eigenvalue weighted by atomic mass is 9.99. The fourth-order valence-corrected chi connectivity index (χ4v) is 1.58. The van der Waals surface area contributed by atoms with Gasteiger partial charge < -0.3 is 0 Å². The molecule has 1 heteroatoms. The zero-order valence-electron chi connectivity index (χ0n) is 9.97. The molecule has 16 heavy (non-hydrogen) atoms. The van der Waals surface area contributed by atoms with Gasteiger partial charge in [0.25, 0.3) is 0 Å². The van der Waals surface area contributed by atoms with Crippen molar-refractivity contribution in [3.8, 4) is 0 Å². The van der Waals surface area contributed by atoms with Crippen LogP contribution in [0.25, 0.3) is 0 Å². The highest BCUT2D eigenvalue weighted by Gasteiger charge is 2.03. The van der Waals surface area contributed by atoms with E-state index in [0.717, 1.165) is 6.42 Å². The Bertz CT molecular complexity index is 483. The second kappa shape index (κ2) is 5.26. The zero-order valence-corrected chi connectivity index (χ0v) is 8.97. The molecule has 0 heterocycles. The predicted molar refractivity (Wildman–Crippen MR) is 66.3 cm³/mol. The smallest absolute Gasteiger partial charge is 0.185 e. The van der Waals surface area contributed by atoms with E-state index < -0.39 is 0 Å². The van der Waals surface area contributed by atoms with Crippen molar-refractivity contribution in [3.63, 3.8) is 0 Å². The van der Waals surface area contributed by atoms with Gasteiger partial charge >= 0.3 is 0 Å². The Balaban J connectivity index is 1.98. The molecule has 1 aliphatic carbocycles. The van der Waals surface area contributed by atoms with Gasteiger partial charge in [-0.25, -0.2) is 0 Å². The molecule has 1 unspecified atom stereocenters. The predicted octanol–water partition coefficient (Wildman–Crippen LogP) is 3.56. The molecule has 1 aromatic carbocycles. The van der Waals surface area contributed by atoms with E-state index in [1.54, 1.807) is 12.2 Å². The van der Waals surface area contributed by atoms with Crippen LogP contribution in [0.15, 0.2) is 66.8 Å². The van der Waals surface area contributed by atoms with Gasteiger partial charge in [-0.1, -0.05) is 60.7 Å². The number of carbonyl (C=O) groups excluding carboxylic acids is 1. The van der Waals surface area contributed by atoms with Crippen molar-refractivity contribution < 1.29 is 6.17 Å². The standard InChI is InChI=1S/C15H14O/c16-15(14-9-5-2-6-10-14)12-11-13-7-3-1-4-8-13/h1-7,9-13H,8H2/b12-11+/i1D. The van der Waals surface area contributed by atoms with Crippen LogP contribution >= 0.6 is 0 Å². The molecule has 1 atom stereocenters. The van der Waals surface area contributed by atoms with E-state index in [-0.39, 0.29) is 11.7 Å². The number of hydrogen-bond donors (Lipinski definition) is 0. The van der Waals surface area contributed by atoms with E-state index in [9.17, 15) is 4.79 Å². The first-order valence-corrected chi connectivity index (χ1v) is 5.38. The fraction of sp³-hybridized carbons (Fsp3) is 0.133. The van der Waals surface area contributed by atoms with Gasteiger partial charge in [-0.15, -0.1) is 0 Å². The summed E-state index contributed by atoms with van der Waals surface area (Å²) in [4.78, 5) is 11.8. The minimum atomic E-state index is 0.0275. The summed E-state index contributed by atoms with van der Waals surface area (Å²) in [6.45, 7) is 0. The Morgan fingerprint density at radius 2 is 2.19 bits per heavy atom. The third-order valence-corrected chi connectivity index (χ3v) is 2.50.